The smallest absolute Gasteiger partial charge is 0.284 e. The topological polar surface area (TPSA) is 166 Å². The Bertz CT molecular complexity index is 2600. The quantitative estimate of drug-likeness (QED) is 0.139. The fourth-order valence-corrected chi connectivity index (χ4v) is 10.2. The van der Waals surface area contributed by atoms with E-state index in [0.29, 0.717) is 24.6 Å². The summed E-state index contributed by atoms with van der Waals surface area (Å²) >= 11 is 0. The van der Waals surface area contributed by atoms with E-state index in [1.165, 1.54) is 10.7 Å². The zero-order valence-corrected chi connectivity index (χ0v) is 35.3. The van der Waals surface area contributed by atoms with Crippen LogP contribution in [0.5, 0.6) is 0 Å². The van der Waals surface area contributed by atoms with Crippen LogP contribution in [-0.2, 0) is 19.1 Å². The molecule has 4 saturated heterocycles. The molecule has 1 atom stereocenters. The molecule has 5 aliphatic rings. The number of halogens is 2. The Labute approximate surface area is 362 Å². The highest BCUT2D eigenvalue weighted by Gasteiger charge is 2.46. The van der Waals surface area contributed by atoms with E-state index in [1.807, 2.05) is 31.2 Å². The van der Waals surface area contributed by atoms with Gasteiger partial charge in [-0.15, -0.1) is 0 Å². The number of amides is 3. The number of likely N-dealkylation sites (tertiary alicyclic amines) is 1. The number of imide groups is 1. The lowest BCUT2D eigenvalue weighted by Gasteiger charge is -2.47. The molecule has 16 nitrogen and oxygen atoms in total. The number of anilines is 2. The first-order valence-electron chi connectivity index (χ1n) is 22.1. The molecule has 5 aromatic rings. The number of hydrogen-bond donors (Lipinski definition) is 2. The van der Waals surface area contributed by atoms with E-state index in [9.17, 15) is 23.2 Å². The maximum atomic E-state index is 14.3. The van der Waals surface area contributed by atoms with Gasteiger partial charge in [-0.25, -0.2) is 18.3 Å². The minimum Gasteiger partial charge on any atom is -0.381 e. The first-order chi connectivity index (χ1) is 30.6. The highest BCUT2D eigenvalue weighted by molar-refractivity contribution is 6.08. The van der Waals surface area contributed by atoms with Gasteiger partial charge in [0.25, 0.3) is 18.2 Å². The molecule has 0 bridgehead atoms. The van der Waals surface area contributed by atoms with E-state index in [4.69, 9.17) is 14.5 Å². The first-order valence-corrected chi connectivity index (χ1v) is 22.1. The van der Waals surface area contributed by atoms with Crippen molar-refractivity contribution in [3.05, 3.63) is 65.4 Å². The number of rotatable bonds is 10. The van der Waals surface area contributed by atoms with Crippen LogP contribution in [0.15, 0.2) is 42.9 Å². The number of benzene rings is 1. The van der Waals surface area contributed by atoms with E-state index in [2.05, 4.69) is 47.6 Å². The van der Waals surface area contributed by atoms with Gasteiger partial charge in [-0.2, -0.15) is 15.3 Å². The normalized spacial score (nSPS) is 23.0. The van der Waals surface area contributed by atoms with Crippen molar-refractivity contribution in [2.45, 2.75) is 89.3 Å². The largest absolute Gasteiger partial charge is 0.381 e. The summed E-state index contributed by atoms with van der Waals surface area (Å²) < 4.78 is 45.2. The molecule has 1 spiro atoms. The molecule has 2 N–H and O–H groups in total. The molecule has 1 unspecified atom stereocenters. The predicted molar refractivity (Wildman–Crippen MR) is 227 cm³/mol. The summed E-state index contributed by atoms with van der Waals surface area (Å²) in [5.41, 5.74) is 2.72. The number of aromatic nitrogens is 7. The zero-order chi connectivity index (χ0) is 43.2. The van der Waals surface area contributed by atoms with Crippen LogP contribution in [0.4, 0.5) is 20.3 Å². The van der Waals surface area contributed by atoms with Crippen molar-refractivity contribution < 1.29 is 32.6 Å². The van der Waals surface area contributed by atoms with Gasteiger partial charge in [0.1, 0.15) is 24.0 Å². The number of alkyl halides is 2. The van der Waals surface area contributed by atoms with E-state index >= 15 is 0 Å². The van der Waals surface area contributed by atoms with Crippen molar-refractivity contribution in [2.24, 2.45) is 11.3 Å². The number of carbonyl (C=O) groups is 3. The van der Waals surface area contributed by atoms with Crippen LogP contribution in [0.3, 0.4) is 0 Å². The zero-order valence-electron chi connectivity index (χ0n) is 35.3. The van der Waals surface area contributed by atoms with Gasteiger partial charge in [0.15, 0.2) is 11.3 Å². The number of piperidine rings is 2. The third-order valence-electron chi connectivity index (χ3n) is 13.6. The number of aryl methyl sites for hydroxylation is 1. The molecule has 330 valence electrons. The van der Waals surface area contributed by atoms with Gasteiger partial charge in [0.2, 0.25) is 5.91 Å². The van der Waals surface area contributed by atoms with Crippen molar-refractivity contribution in [1.29, 1.82) is 0 Å². The number of nitrogens with zero attached hydrogens (tertiary/aromatic N) is 9. The van der Waals surface area contributed by atoms with Crippen molar-refractivity contribution in [1.82, 2.24) is 44.4 Å². The minimum atomic E-state index is -2.85. The molecule has 10 rings (SSSR count). The second-order valence-corrected chi connectivity index (χ2v) is 17.9. The van der Waals surface area contributed by atoms with E-state index < -0.39 is 24.1 Å². The Morgan fingerprint density at radius 2 is 1.90 bits per heavy atom. The summed E-state index contributed by atoms with van der Waals surface area (Å²) in [4.78, 5) is 47.2. The summed E-state index contributed by atoms with van der Waals surface area (Å²) in [5.74, 6) is 6.54. The molecule has 4 aromatic heterocycles. The third kappa shape index (κ3) is 8.29. The molecule has 5 fully saturated rings. The van der Waals surface area contributed by atoms with Gasteiger partial charge in [-0.05, 0) is 82.4 Å². The van der Waals surface area contributed by atoms with Gasteiger partial charge >= 0.3 is 0 Å². The number of fused-ring (bicyclic) bond motifs is 2. The summed E-state index contributed by atoms with van der Waals surface area (Å²) in [5, 5.41) is 19.3. The number of ether oxygens (including phenoxy) is 2. The van der Waals surface area contributed by atoms with Crippen LogP contribution in [0.1, 0.15) is 104 Å². The van der Waals surface area contributed by atoms with Crippen LogP contribution in [0.2, 0.25) is 0 Å². The van der Waals surface area contributed by atoms with E-state index in [0.717, 1.165) is 119 Å². The summed E-state index contributed by atoms with van der Waals surface area (Å²) in [6, 6.07) is 7.08. The number of nitrogens with one attached hydrogen (secondary N) is 2. The molecule has 8 heterocycles. The molecule has 1 saturated carbocycles. The average molecular weight is 864 g/mol. The standard InChI is InChI=1S/C45H51F2N11O5/c1-28-39-30(4-2-6-35(39)58(52-28)36-11-12-38(59)51-44(36)61)5-3-20-63-32-13-17-54(18-14-32)23-29-7-9-31(10-8-29)57-24-34(40(53-57)41(46)47)49-43(60)33-22-48-56-19-15-37(50-42(33)56)55-25-45(26-55)16-21-62-27-45/h2,4,6,15,19,22,24,29,31-32,36,41H,7-14,16-18,20-21,23,25-27H2,1H3,(H,49,60)(H,51,59,61). The maximum Gasteiger partial charge on any atom is 0.284 e. The van der Waals surface area contributed by atoms with Crippen molar-refractivity contribution in [3.63, 3.8) is 0 Å². The SMILES string of the molecule is Cc1nn(C2CCC(=O)NC2=O)c2cccc(C#CCOC3CCN(CC4CCC(n5cc(NC(=O)c6cnn7ccc(N8CC9(CCOC9)C8)nc67)c(C(F)F)n5)CC4)CC3)c12. The molecule has 18 heteroatoms. The van der Waals surface area contributed by atoms with Crippen LogP contribution >= 0.6 is 0 Å². The average Bonchev–Trinajstić information content (AvgIpc) is 4.09. The maximum absolute atomic E-state index is 14.3. The highest BCUT2D eigenvalue weighted by atomic mass is 19.3. The van der Waals surface area contributed by atoms with Crippen LogP contribution < -0.4 is 15.5 Å². The number of carbonyl (C=O) groups excluding carboxylic acids is 3. The van der Waals surface area contributed by atoms with Crippen LogP contribution in [0.25, 0.3) is 16.6 Å². The second-order valence-electron chi connectivity index (χ2n) is 17.9. The lowest BCUT2D eigenvalue weighted by Crippen LogP contribution is -2.57. The first kappa shape index (κ1) is 41.3. The van der Waals surface area contributed by atoms with E-state index in [1.54, 1.807) is 21.8 Å². The Morgan fingerprint density at radius 1 is 1.08 bits per heavy atom. The Hall–Kier alpha value is -5.77. The highest BCUT2D eigenvalue weighted by Crippen LogP contribution is 2.41. The van der Waals surface area contributed by atoms with Gasteiger partial charge in [-0.3, -0.25) is 29.1 Å². The molecular formula is C45H51F2N11O5. The van der Waals surface area contributed by atoms with Gasteiger partial charge in [0.05, 0.1) is 41.8 Å². The fourth-order valence-electron chi connectivity index (χ4n) is 10.2. The monoisotopic (exact) mass is 863 g/mol. The molecule has 0 radical (unpaired) electrons. The fraction of sp³-hybridized carbons (Fsp3) is 0.533. The lowest BCUT2D eigenvalue weighted by atomic mass is 9.79. The summed E-state index contributed by atoms with van der Waals surface area (Å²) in [6.45, 7) is 8.28. The van der Waals surface area contributed by atoms with Crippen LogP contribution in [-0.4, -0.2) is 115 Å². The Kier molecular flexibility index (Phi) is 11.2. The molecule has 1 aromatic carbocycles. The summed E-state index contributed by atoms with van der Waals surface area (Å²) in [7, 11) is 0. The molecule has 1 aliphatic carbocycles. The summed E-state index contributed by atoms with van der Waals surface area (Å²) in [6.07, 6.45) is 9.11. The van der Waals surface area contributed by atoms with Gasteiger partial charge in [-0.1, -0.05) is 17.9 Å². The van der Waals surface area contributed by atoms with Crippen molar-refractivity contribution in [3.8, 4) is 11.8 Å². The van der Waals surface area contributed by atoms with Crippen molar-refractivity contribution >= 4 is 45.8 Å². The van der Waals surface area contributed by atoms with E-state index in [-0.39, 0.29) is 47.0 Å². The number of hydrogen-bond acceptors (Lipinski definition) is 11. The molecule has 4 aliphatic heterocycles. The third-order valence-corrected chi connectivity index (χ3v) is 13.6. The lowest BCUT2D eigenvalue weighted by molar-refractivity contribution is -0.135. The minimum absolute atomic E-state index is 0.00103. The van der Waals surface area contributed by atoms with Gasteiger partial charge < -0.3 is 24.6 Å². The molecular weight excluding hydrogens is 813 g/mol. The second kappa shape index (κ2) is 17.1. The molecule has 63 heavy (non-hydrogen) atoms. The molecule has 3 amide bonds. The van der Waals surface area contributed by atoms with Crippen LogP contribution in [0, 0.1) is 30.1 Å². The van der Waals surface area contributed by atoms with Crippen molar-refractivity contribution in [2.75, 3.05) is 62.8 Å². The Balaban J connectivity index is 0.690. The predicted octanol–water partition coefficient (Wildman–Crippen LogP) is 5.24. The Morgan fingerprint density at radius 3 is 2.67 bits per heavy atom. The van der Waals surface area contributed by atoms with Gasteiger partial charge in [0, 0.05) is 74.5 Å².